The Bertz CT molecular complexity index is 375. The van der Waals surface area contributed by atoms with Gasteiger partial charge in [-0.05, 0) is 67.4 Å². The van der Waals surface area contributed by atoms with Gasteiger partial charge in [0.2, 0.25) is 0 Å². The Labute approximate surface area is 89.7 Å². The van der Waals surface area contributed by atoms with Gasteiger partial charge in [0.05, 0.1) is 0 Å². The summed E-state index contributed by atoms with van der Waals surface area (Å²) in [6, 6.07) is 5.34. The molecule has 0 radical (unpaired) electrons. The molecule has 0 amide bonds. The summed E-state index contributed by atoms with van der Waals surface area (Å²) in [7, 11) is 0. The first-order valence-corrected chi connectivity index (χ1v) is 5.80. The van der Waals surface area contributed by atoms with Crippen LogP contribution in [0.4, 0.5) is 4.39 Å². The largest absolute Gasteiger partial charge is 0.317 e. The molecule has 2 aliphatic rings. The molecule has 0 aromatic heterocycles. The van der Waals surface area contributed by atoms with Crippen LogP contribution in [-0.4, -0.2) is 13.1 Å². The molecule has 0 atom stereocenters. The molecular formula is C13H16FN. The van der Waals surface area contributed by atoms with Crippen LogP contribution in [0.5, 0.6) is 0 Å². The fourth-order valence-electron chi connectivity index (χ4n) is 3.19. The lowest BCUT2D eigenvalue weighted by molar-refractivity contribution is 0.306. The molecule has 0 bridgehead atoms. The van der Waals surface area contributed by atoms with E-state index in [-0.39, 0.29) is 5.82 Å². The number of rotatable bonds is 0. The molecule has 1 aliphatic heterocycles. The summed E-state index contributed by atoms with van der Waals surface area (Å²) in [4.78, 5) is 0. The molecule has 1 aromatic rings. The van der Waals surface area contributed by atoms with Crippen LogP contribution in [0.3, 0.4) is 0 Å². The van der Waals surface area contributed by atoms with E-state index in [0.29, 0.717) is 5.41 Å². The molecule has 1 nitrogen and oxygen atoms in total. The van der Waals surface area contributed by atoms with Crippen molar-refractivity contribution in [1.82, 2.24) is 5.32 Å². The summed E-state index contributed by atoms with van der Waals surface area (Å²) in [5.41, 5.74) is 2.96. The van der Waals surface area contributed by atoms with Crippen LogP contribution < -0.4 is 5.32 Å². The summed E-state index contributed by atoms with van der Waals surface area (Å²) >= 11 is 0. The summed E-state index contributed by atoms with van der Waals surface area (Å²) in [5, 5.41) is 3.39. The van der Waals surface area contributed by atoms with E-state index in [1.807, 2.05) is 6.07 Å². The minimum Gasteiger partial charge on any atom is -0.317 e. The van der Waals surface area contributed by atoms with Crippen molar-refractivity contribution in [2.75, 3.05) is 13.1 Å². The monoisotopic (exact) mass is 205 g/mol. The van der Waals surface area contributed by atoms with Gasteiger partial charge in [-0.3, -0.25) is 0 Å². The number of nitrogens with one attached hydrogen (secondary N) is 1. The standard InChI is InChI=1S/C13H16FN/c14-11-2-1-10-3-4-13(12(10)9-11)5-7-15-8-6-13/h1-2,9,15H,3-8H2. The van der Waals surface area contributed by atoms with Gasteiger partial charge in [-0.25, -0.2) is 4.39 Å². The zero-order chi connectivity index (χ0) is 10.3. The lowest BCUT2D eigenvalue weighted by Gasteiger charge is -2.35. The van der Waals surface area contributed by atoms with Gasteiger partial charge < -0.3 is 5.32 Å². The van der Waals surface area contributed by atoms with E-state index in [1.165, 1.54) is 30.4 Å². The Hall–Kier alpha value is -0.890. The van der Waals surface area contributed by atoms with E-state index in [0.717, 1.165) is 19.5 Å². The van der Waals surface area contributed by atoms with Crippen molar-refractivity contribution in [3.63, 3.8) is 0 Å². The highest BCUT2D eigenvalue weighted by molar-refractivity contribution is 5.40. The second kappa shape index (κ2) is 3.31. The first-order valence-electron chi connectivity index (χ1n) is 5.80. The average molecular weight is 205 g/mol. The normalized spacial score (nSPS) is 23.0. The molecule has 15 heavy (non-hydrogen) atoms. The molecule has 1 aliphatic carbocycles. The Morgan fingerprint density at radius 3 is 2.73 bits per heavy atom. The van der Waals surface area contributed by atoms with E-state index in [4.69, 9.17) is 0 Å². The number of aryl methyl sites for hydroxylation is 1. The minimum atomic E-state index is -0.0754. The zero-order valence-electron chi connectivity index (χ0n) is 8.85. The third kappa shape index (κ3) is 1.39. The third-order valence-electron chi connectivity index (χ3n) is 4.08. The van der Waals surface area contributed by atoms with Gasteiger partial charge in [0.25, 0.3) is 0 Å². The lowest BCUT2D eigenvalue weighted by Crippen LogP contribution is -2.38. The van der Waals surface area contributed by atoms with Crippen molar-refractivity contribution in [3.05, 3.63) is 35.1 Å². The molecule has 1 aromatic carbocycles. The topological polar surface area (TPSA) is 12.0 Å². The molecule has 80 valence electrons. The molecule has 1 spiro atoms. The molecule has 2 heteroatoms. The fourth-order valence-corrected chi connectivity index (χ4v) is 3.19. The van der Waals surface area contributed by atoms with Crippen molar-refractivity contribution in [1.29, 1.82) is 0 Å². The number of hydrogen-bond donors (Lipinski definition) is 1. The van der Waals surface area contributed by atoms with Gasteiger partial charge in [-0.2, -0.15) is 0 Å². The van der Waals surface area contributed by atoms with Gasteiger partial charge in [0, 0.05) is 0 Å². The second-order valence-electron chi connectivity index (χ2n) is 4.83. The molecule has 1 heterocycles. The Morgan fingerprint density at radius 2 is 1.93 bits per heavy atom. The quantitative estimate of drug-likeness (QED) is 0.685. The second-order valence-corrected chi connectivity index (χ2v) is 4.83. The van der Waals surface area contributed by atoms with Gasteiger partial charge in [0.1, 0.15) is 5.82 Å². The Balaban J connectivity index is 2.05. The van der Waals surface area contributed by atoms with Crippen molar-refractivity contribution < 1.29 is 4.39 Å². The Morgan fingerprint density at radius 1 is 1.13 bits per heavy atom. The van der Waals surface area contributed by atoms with Gasteiger partial charge >= 0.3 is 0 Å². The summed E-state index contributed by atoms with van der Waals surface area (Å²) in [5.74, 6) is -0.0754. The van der Waals surface area contributed by atoms with Crippen LogP contribution in [0.2, 0.25) is 0 Å². The van der Waals surface area contributed by atoms with E-state index < -0.39 is 0 Å². The van der Waals surface area contributed by atoms with E-state index in [1.54, 1.807) is 12.1 Å². The van der Waals surface area contributed by atoms with Crippen molar-refractivity contribution in [2.45, 2.75) is 31.1 Å². The first-order chi connectivity index (χ1) is 7.30. The van der Waals surface area contributed by atoms with E-state index in [9.17, 15) is 4.39 Å². The van der Waals surface area contributed by atoms with Crippen LogP contribution in [0, 0.1) is 5.82 Å². The maximum atomic E-state index is 13.3. The fraction of sp³-hybridized carbons (Fsp3) is 0.538. The predicted molar refractivity (Wildman–Crippen MR) is 58.5 cm³/mol. The Kier molecular flexibility index (Phi) is 2.06. The summed E-state index contributed by atoms with van der Waals surface area (Å²) in [6.45, 7) is 2.16. The maximum absolute atomic E-state index is 13.3. The van der Waals surface area contributed by atoms with Crippen molar-refractivity contribution in [2.24, 2.45) is 0 Å². The molecule has 1 saturated heterocycles. The maximum Gasteiger partial charge on any atom is 0.123 e. The first kappa shape index (κ1) is 9.34. The molecule has 0 unspecified atom stereocenters. The number of piperidine rings is 1. The average Bonchev–Trinajstić information content (AvgIpc) is 2.59. The summed E-state index contributed by atoms with van der Waals surface area (Å²) in [6.07, 6.45) is 4.69. The predicted octanol–water partition coefficient (Wildman–Crippen LogP) is 2.39. The van der Waals surface area contributed by atoms with E-state index >= 15 is 0 Å². The van der Waals surface area contributed by atoms with Gasteiger partial charge in [0.15, 0.2) is 0 Å². The molecule has 3 rings (SSSR count). The van der Waals surface area contributed by atoms with Crippen LogP contribution in [0.15, 0.2) is 18.2 Å². The third-order valence-corrected chi connectivity index (χ3v) is 4.08. The number of benzene rings is 1. The van der Waals surface area contributed by atoms with Crippen LogP contribution in [0.25, 0.3) is 0 Å². The highest BCUT2D eigenvalue weighted by atomic mass is 19.1. The van der Waals surface area contributed by atoms with Crippen molar-refractivity contribution >= 4 is 0 Å². The van der Waals surface area contributed by atoms with Gasteiger partial charge in [-0.15, -0.1) is 0 Å². The van der Waals surface area contributed by atoms with Crippen LogP contribution >= 0.6 is 0 Å². The molecule has 1 N–H and O–H groups in total. The minimum absolute atomic E-state index is 0.0754. The molecule has 1 fully saturated rings. The van der Waals surface area contributed by atoms with Crippen LogP contribution in [-0.2, 0) is 11.8 Å². The van der Waals surface area contributed by atoms with Crippen molar-refractivity contribution in [3.8, 4) is 0 Å². The van der Waals surface area contributed by atoms with Crippen LogP contribution in [0.1, 0.15) is 30.4 Å². The SMILES string of the molecule is Fc1ccc2c(c1)C1(CCNCC1)CC2. The molecule has 0 saturated carbocycles. The highest BCUT2D eigenvalue weighted by Gasteiger charge is 2.39. The lowest BCUT2D eigenvalue weighted by atomic mass is 9.74. The zero-order valence-corrected chi connectivity index (χ0v) is 8.85. The van der Waals surface area contributed by atoms with Gasteiger partial charge in [-0.1, -0.05) is 6.07 Å². The van der Waals surface area contributed by atoms with E-state index in [2.05, 4.69) is 5.32 Å². The number of fused-ring (bicyclic) bond motifs is 2. The number of halogens is 1. The molecular weight excluding hydrogens is 189 g/mol. The highest BCUT2D eigenvalue weighted by Crippen LogP contribution is 2.45. The smallest absolute Gasteiger partial charge is 0.123 e. The number of hydrogen-bond acceptors (Lipinski definition) is 1. The summed E-state index contributed by atoms with van der Waals surface area (Å²) < 4.78 is 13.3.